The number of para-hydroxylation sites is 1. The van der Waals surface area contributed by atoms with Crippen LogP contribution in [0.1, 0.15) is 25.5 Å². The molecule has 1 aromatic carbocycles. The van der Waals surface area contributed by atoms with Crippen molar-refractivity contribution >= 4 is 10.9 Å². The van der Waals surface area contributed by atoms with Gasteiger partial charge in [-0.25, -0.2) is 0 Å². The fourth-order valence-corrected chi connectivity index (χ4v) is 3.03. The first-order valence-corrected chi connectivity index (χ1v) is 6.20. The zero-order valence-electron chi connectivity index (χ0n) is 10.4. The molecule has 3 rings (SSSR count). The van der Waals surface area contributed by atoms with Crippen LogP contribution in [-0.4, -0.2) is 11.5 Å². The van der Waals surface area contributed by atoms with Crippen molar-refractivity contribution < 1.29 is 0 Å². The van der Waals surface area contributed by atoms with Gasteiger partial charge in [0.05, 0.1) is 5.52 Å². The number of aromatic nitrogens is 1. The Balaban J connectivity index is 2.03. The molecule has 1 heterocycles. The van der Waals surface area contributed by atoms with Gasteiger partial charge in [0, 0.05) is 17.0 Å². The number of rotatable bonds is 2. The van der Waals surface area contributed by atoms with E-state index in [0.29, 0.717) is 17.3 Å². The summed E-state index contributed by atoms with van der Waals surface area (Å²) in [5.41, 5.74) is 8.42. The molecule has 0 saturated heterocycles. The lowest BCUT2D eigenvalue weighted by Crippen LogP contribution is -2.05. The Kier molecular flexibility index (Phi) is 2.23. The van der Waals surface area contributed by atoms with Gasteiger partial charge in [0.15, 0.2) is 0 Å². The van der Waals surface area contributed by atoms with Crippen LogP contribution in [0.3, 0.4) is 0 Å². The van der Waals surface area contributed by atoms with Crippen molar-refractivity contribution in [3.63, 3.8) is 0 Å². The standard InChI is InChI=1S/C15H18N2/c1-15(2)11(9-16)14(15)13-8-7-10-5-3-4-6-12(10)17-13/h3-8,11,14H,9,16H2,1-2H3/t11-,14+/m0/s1. The van der Waals surface area contributed by atoms with E-state index in [1.165, 1.54) is 11.1 Å². The smallest absolute Gasteiger partial charge is 0.0705 e. The van der Waals surface area contributed by atoms with Crippen LogP contribution in [0.15, 0.2) is 36.4 Å². The van der Waals surface area contributed by atoms with E-state index in [1.54, 1.807) is 0 Å². The summed E-state index contributed by atoms with van der Waals surface area (Å²) in [7, 11) is 0. The molecule has 1 aliphatic carbocycles. The molecule has 2 nitrogen and oxygen atoms in total. The Bertz CT molecular complexity index is 560. The summed E-state index contributed by atoms with van der Waals surface area (Å²) in [5, 5.41) is 1.21. The molecular formula is C15H18N2. The van der Waals surface area contributed by atoms with Gasteiger partial charge in [-0.15, -0.1) is 0 Å². The van der Waals surface area contributed by atoms with Gasteiger partial charge < -0.3 is 5.73 Å². The van der Waals surface area contributed by atoms with Gasteiger partial charge in [0.1, 0.15) is 0 Å². The Morgan fingerprint density at radius 2 is 1.94 bits per heavy atom. The number of nitrogens with zero attached hydrogens (tertiary/aromatic N) is 1. The number of benzene rings is 1. The van der Waals surface area contributed by atoms with Crippen LogP contribution in [0.2, 0.25) is 0 Å². The first-order valence-electron chi connectivity index (χ1n) is 6.20. The number of nitrogens with two attached hydrogens (primary N) is 1. The molecule has 0 radical (unpaired) electrons. The molecular weight excluding hydrogens is 208 g/mol. The van der Waals surface area contributed by atoms with Crippen molar-refractivity contribution in [2.45, 2.75) is 19.8 Å². The highest BCUT2D eigenvalue weighted by Gasteiger charge is 2.57. The van der Waals surface area contributed by atoms with E-state index in [1.807, 2.05) is 12.1 Å². The molecule has 1 aliphatic rings. The van der Waals surface area contributed by atoms with Gasteiger partial charge >= 0.3 is 0 Å². The quantitative estimate of drug-likeness (QED) is 0.855. The summed E-state index contributed by atoms with van der Waals surface area (Å²) in [6, 6.07) is 12.6. The van der Waals surface area contributed by atoms with Crippen molar-refractivity contribution in [1.29, 1.82) is 0 Å². The summed E-state index contributed by atoms with van der Waals surface area (Å²) in [6.45, 7) is 5.32. The third-order valence-corrected chi connectivity index (χ3v) is 4.24. The average Bonchev–Trinajstić information content (AvgIpc) is 2.90. The predicted octanol–water partition coefficient (Wildman–Crippen LogP) is 2.93. The maximum absolute atomic E-state index is 5.82. The number of pyridine rings is 1. The molecule has 1 aromatic heterocycles. The van der Waals surface area contributed by atoms with E-state index in [9.17, 15) is 0 Å². The van der Waals surface area contributed by atoms with E-state index in [4.69, 9.17) is 10.7 Å². The monoisotopic (exact) mass is 226 g/mol. The molecule has 0 aliphatic heterocycles. The van der Waals surface area contributed by atoms with Gasteiger partial charge in [0.25, 0.3) is 0 Å². The number of hydrogen-bond acceptors (Lipinski definition) is 2. The predicted molar refractivity (Wildman–Crippen MR) is 70.8 cm³/mol. The maximum Gasteiger partial charge on any atom is 0.0705 e. The van der Waals surface area contributed by atoms with Crippen molar-refractivity contribution in [3.8, 4) is 0 Å². The van der Waals surface area contributed by atoms with Gasteiger partial charge in [-0.1, -0.05) is 38.1 Å². The number of hydrogen-bond donors (Lipinski definition) is 1. The van der Waals surface area contributed by atoms with E-state index < -0.39 is 0 Å². The summed E-state index contributed by atoms with van der Waals surface area (Å²) >= 11 is 0. The van der Waals surface area contributed by atoms with Crippen LogP contribution >= 0.6 is 0 Å². The zero-order valence-corrected chi connectivity index (χ0v) is 10.4. The lowest BCUT2D eigenvalue weighted by molar-refractivity contribution is 0.557. The summed E-state index contributed by atoms with van der Waals surface area (Å²) in [5.74, 6) is 1.10. The highest BCUT2D eigenvalue weighted by atomic mass is 14.8. The Labute approximate surface area is 102 Å². The molecule has 2 heteroatoms. The molecule has 0 amide bonds. The summed E-state index contributed by atoms with van der Waals surface area (Å²) < 4.78 is 0. The normalized spacial score (nSPS) is 26.1. The van der Waals surface area contributed by atoms with Crippen molar-refractivity contribution in [3.05, 3.63) is 42.1 Å². The van der Waals surface area contributed by atoms with Crippen LogP contribution in [0.5, 0.6) is 0 Å². The largest absolute Gasteiger partial charge is 0.330 e. The second kappa shape index (κ2) is 3.54. The molecule has 88 valence electrons. The second-order valence-electron chi connectivity index (χ2n) is 5.57. The van der Waals surface area contributed by atoms with Crippen molar-refractivity contribution in [1.82, 2.24) is 4.98 Å². The Morgan fingerprint density at radius 3 is 2.65 bits per heavy atom. The minimum absolute atomic E-state index is 0.310. The van der Waals surface area contributed by atoms with E-state index in [2.05, 4.69) is 38.1 Å². The lowest BCUT2D eigenvalue weighted by atomic mass is 10.1. The van der Waals surface area contributed by atoms with Crippen LogP contribution in [0.4, 0.5) is 0 Å². The van der Waals surface area contributed by atoms with Gasteiger partial charge in [0.2, 0.25) is 0 Å². The molecule has 1 saturated carbocycles. The number of fused-ring (bicyclic) bond motifs is 1. The molecule has 0 bridgehead atoms. The van der Waals surface area contributed by atoms with Gasteiger partial charge in [-0.2, -0.15) is 0 Å². The molecule has 2 atom stereocenters. The minimum atomic E-state index is 0.310. The molecule has 2 N–H and O–H groups in total. The zero-order chi connectivity index (χ0) is 12.0. The summed E-state index contributed by atoms with van der Waals surface area (Å²) in [4.78, 5) is 4.78. The average molecular weight is 226 g/mol. The van der Waals surface area contributed by atoms with Gasteiger partial charge in [-0.05, 0) is 30.0 Å². The SMILES string of the molecule is CC1(C)[C@@H](CN)[C@@H]1c1ccc2ccccc2n1. The Hall–Kier alpha value is -1.41. The van der Waals surface area contributed by atoms with E-state index >= 15 is 0 Å². The third kappa shape index (κ3) is 1.55. The second-order valence-corrected chi connectivity index (χ2v) is 5.57. The van der Waals surface area contributed by atoms with Crippen LogP contribution in [0.25, 0.3) is 10.9 Å². The maximum atomic E-state index is 5.82. The summed E-state index contributed by atoms with van der Waals surface area (Å²) in [6.07, 6.45) is 0. The van der Waals surface area contributed by atoms with Crippen LogP contribution < -0.4 is 5.73 Å². The fraction of sp³-hybridized carbons (Fsp3) is 0.400. The van der Waals surface area contributed by atoms with Crippen molar-refractivity contribution in [2.24, 2.45) is 17.1 Å². The first-order chi connectivity index (χ1) is 8.14. The highest BCUT2D eigenvalue weighted by Crippen LogP contribution is 2.63. The van der Waals surface area contributed by atoms with E-state index in [0.717, 1.165) is 12.1 Å². The van der Waals surface area contributed by atoms with Crippen molar-refractivity contribution in [2.75, 3.05) is 6.54 Å². The lowest BCUT2D eigenvalue weighted by Gasteiger charge is -2.04. The van der Waals surface area contributed by atoms with Gasteiger partial charge in [-0.3, -0.25) is 4.98 Å². The van der Waals surface area contributed by atoms with Crippen LogP contribution in [-0.2, 0) is 0 Å². The molecule has 0 unspecified atom stereocenters. The molecule has 17 heavy (non-hydrogen) atoms. The fourth-order valence-electron chi connectivity index (χ4n) is 3.03. The minimum Gasteiger partial charge on any atom is -0.330 e. The molecule has 1 fully saturated rings. The topological polar surface area (TPSA) is 38.9 Å². The third-order valence-electron chi connectivity index (χ3n) is 4.24. The molecule has 0 spiro atoms. The molecule has 2 aromatic rings. The first kappa shape index (κ1) is 10.7. The highest BCUT2D eigenvalue weighted by molar-refractivity contribution is 5.78. The van der Waals surface area contributed by atoms with Crippen LogP contribution in [0, 0.1) is 11.3 Å². The Morgan fingerprint density at radius 1 is 1.18 bits per heavy atom. The van der Waals surface area contributed by atoms with E-state index in [-0.39, 0.29) is 0 Å².